The number of carbonyl (C=O) groups excluding carboxylic acids is 1. The fourth-order valence-corrected chi connectivity index (χ4v) is 2.83. The van der Waals surface area contributed by atoms with Crippen LogP contribution >= 0.6 is 0 Å². The Labute approximate surface area is 131 Å². The number of nitrogens with zero attached hydrogens (tertiary/aromatic N) is 1. The fraction of sp³-hybridized carbons (Fsp3) is 0.588. The molecule has 1 atom stereocenters. The third kappa shape index (κ3) is 4.27. The molecular weight excluding hydrogens is 283 g/mol. The molecule has 22 heavy (non-hydrogen) atoms. The predicted molar refractivity (Wildman–Crippen MR) is 84.5 cm³/mol. The normalized spacial score (nSPS) is 17.5. The lowest BCUT2D eigenvalue weighted by atomic mass is 10.0. The molecule has 1 unspecified atom stereocenters. The number of rotatable bonds is 5. The van der Waals surface area contributed by atoms with Crippen molar-refractivity contribution in [3.8, 4) is 0 Å². The minimum absolute atomic E-state index is 0.212. The summed E-state index contributed by atoms with van der Waals surface area (Å²) in [6.45, 7) is 9.93. The zero-order chi connectivity index (χ0) is 16.1. The van der Waals surface area contributed by atoms with Gasteiger partial charge in [0.25, 0.3) is 5.91 Å². The van der Waals surface area contributed by atoms with E-state index >= 15 is 0 Å². The molecule has 4 nitrogen and oxygen atoms in total. The first kappa shape index (κ1) is 16.9. The van der Waals surface area contributed by atoms with Crippen LogP contribution in [0.5, 0.6) is 0 Å². The van der Waals surface area contributed by atoms with Crippen LogP contribution in [0.1, 0.15) is 29.8 Å². The SMILES string of the molecule is Cc1ccc(F)cc1C(=O)NCC(C(C)C)N1CCOCC1. The summed E-state index contributed by atoms with van der Waals surface area (Å²) in [5, 5.41) is 2.96. The third-order valence-electron chi connectivity index (χ3n) is 4.20. The molecular formula is C17H25FN2O2. The van der Waals surface area contributed by atoms with Crippen molar-refractivity contribution in [2.45, 2.75) is 26.8 Å². The summed E-state index contributed by atoms with van der Waals surface area (Å²) in [5.41, 5.74) is 1.19. The average Bonchev–Trinajstić information content (AvgIpc) is 2.50. The lowest BCUT2D eigenvalue weighted by Crippen LogP contribution is -2.51. The number of morpholine rings is 1. The van der Waals surface area contributed by atoms with Crippen molar-refractivity contribution in [3.05, 3.63) is 35.1 Å². The third-order valence-corrected chi connectivity index (χ3v) is 4.20. The molecule has 0 radical (unpaired) electrons. The van der Waals surface area contributed by atoms with E-state index in [9.17, 15) is 9.18 Å². The Balaban J connectivity index is 1.99. The number of hydrogen-bond donors (Lipinski definition) is 1. The fourth-order valence-electron chi connectivity index (χ4n) is 2.83. The van der Waals surface area contributed by atoms with Gasteiger partial charge in [-0.15, -0.1) is 0 Å². The molecule has 0 aromatic heterocycles. The van der Waals surface area contributed by atoms with Crippen molar-refractivity contribution in [2.75, 3.05) is 32.8 Å². The van der Waals surface area contributed by atoms with E-state index in [4.69, 9.17) is 4.74 Å². The maximum absolute atomic E-state index is 13.3. The molecule has 0 spiro atoms. The van der Waals surface area contributed by atoms with E-state index in [2.05, 4.69) is 24.1 Å². The summed E-state index contributed by atoms with van der Waals surface area (Å²) in [5.74, 6) is -0.174. The van der Waals surface area contributed by atoms with Gasteiger partial charge in [-0.1, -0.05) is 19.9 Å². The average molecular weight is 308 g/mol. The Bertz CT molecular complexity index is 513. The molecule has 5 heteroatoms. The van der Waals surface area contributed by atoms with Gasteiger partial charge in [-0.2, -0.15) is 0 Å². The molecule has 1 aliphatic heterocycles. The van der Waals surface area contributed by atoms with Crippen molar-refractivity contribution in [3.63, 3.8) is 0 Å². The van der Waals surface area contributed by atoms with Gasteiger partial charge < -0.3 is 10.1 Å². The van der Waals surface area contributed by atoms with E-state index in [1.54, 1.807) is 6.07 Å². The van der Waals surface area contributed by atoms with E-state index in [1.807, 2.05) is 6.92 Å². The Kier molecular flexibility index (Phi) is 5.91. The number of hydrogen-bond acceptors (Lipinski definition) is 3. The van der Waals surface area contributed by atoms with Crippen LogP contribution < -0.4 is 5.32 Å². The summed E-state index contributed by atoms with van der Waals surface area (Å²) in [6, 6.07) is 4.56. The van der Waals surface area contributed by atoms with Crippen LogP contribution in [0.4, 0.5) is 4.39 Å². The van der Waals surface area contributed by atoms with Crippen molar-refractivity contribution in [1.29, 1.82) is 0 Å². The maximum atomic E-state index is 13.3. The number of amides is 1. The van der Waals surface area contributed by atoms with Crippen LogP contribution in [0.3, 0.4) is 0 Å². The molecule has 0 saturated carbocycles. The highest BCUT2D eigenvalue weighted by atomic mass is 19.1. The smallest absolute Gasteiger partial charge is 0.251 e. The lowest BCUT2D eigenvalue weighted by Gasteiger charge is -2.37. The van der Waals surface area contributed by atoms with Crippen LogP contribution in [0.2, 0.25) is 0 Å². The van der Waals surface area contributed by atoms with Gasteiger partial charge in [-0.25, -0.2) is 4.39 Å². The Morgan fingerprint density at radius 3 is 2.68 bits per heavy atom. The molecule has 0 aliphatic carbocycles. The van der Waals surface area contributed by atoms with E-state index < -0.39 is 0 Å². The standard InChI is InChI=1S/C17H25FN2O2/c1-12(2)16(20-6-8-22-9-7-20)11-19-17(21)15-10-14(18)5-4-13(15)3/h4-5,10,12,16H,6-9,11H2,1-3H3,(H,19,21). The van der Waals surface area contributed by atoms with Gasteiger partial charge in [0, 0.05) is 31.2 Å². The van der Waals surface area contributed by atoms with Gasteiger partial charge in [0.05, 0.1) is 13.2 Å². The van der Waals surface area contributed by atoms with E-state index in [-0.39, 0.29) is 17.8 Å². The van der Waals surface area contributed by atoms with Crippen molar-refractivity contribution in [2.24, 2.45) is 5.92 Å². The van der Waals surface area contributed by atoms with Crippen molar-refractivity contribution < 1.29 is 13.9 Å². The van der Waals surface area contributed by atoms with Crippen LogP contribution in [-0.4, -0.2) is 49.7 Å². The Morgan fingerprint density at radius 2 is 2.05 bits per heavy atom. The van der Waals surface area contributed by atoms with Crippen molar-refractivity contribution in [1.82, 2.24) is 10.2 Å². The lowest BCUT2D eigenvalue weighted by molar-refractivity contribution is 0.00672. The van der Waals surface area contributed by atoms with E-state index in [0.717, 1.165) is 31.9 Å². The Hall–Kier alpha value is -1.46. The first-order valence-corrected chi connectivity index (χ1v) is 7.85. The second kappa shape index (κ2) is 7.70. The predicted octanol–water partition coefficient (Wildman–Crippen LogP) is 2.22. The van der Waals surface area contributed by atoms with Gasteiger partial charge in [-0.05, 0) is 30.5 Å². The highest BCUT2D eigenvalue weighted by Gasteiger charge is 2.24. The van der Waals surface area contributed by atoms with Crippen LogP contribution in [0, 0.1) is 18.7 Å². The van der Waals surface area contributed by atoms with Crippen molar-refractivity contribution >= 4 is 5.91 Å². The van der Waals surface area contributed by atoms with E-state index in [0.29, 0.717) is 18.0 Å². The first-order valence-electron chi connectivity index (χ1n) is 7.85. The number of ether oxygens (including phenoxy) is 1. The number of nitrogens with one attached hydrogen (secondary N) is 1. The molecule has 1 aromatic rings. The maximum Gasteiger partial charge on any atom is 0.251 e. The summed E-state index contributed by atoms with van der Waals surface area (Å²) >= 11 is 0. The Morgan fingerprint density at radius 1 is 1.36 bits per heavy atom. The molecule has 1 N–H and O–H groups in total. The molecule has 0 bridgehead atoms. The first-order chi connectivity index (χ1) is 10.5. The van der Waals surface area contributed by atoms with Crippen LogP contribution in [-0.2, 0) is 4.74 Å². The van der Waals surface area contributed by atoms with E-state index in [1.165, 1.54) is 12.1 Å². The minimum atomic E-state index is -0.385. The second-order valence-corrected chi connectivity index (χ2v) is 6.13. The monoisotopic (exact) mass is 308 g/mol. The highest BCUT2D eigenvalue weighted by molar-refractivity contribution is 5.95. The van der Waals surface area contributed by atoms with Crippen LogP contribution in [0.15, 0.2) is 18.2 Å². The zero-order valence-corrected chi connectivity index (χ0v) is 13.6. The van der Waals surface area contributed by atoms with Gasteiger partial charge in [0.2, 0.25) is 0 Å². The summed E-state index contributed by atoms with van der Waals surface area (Å²) < 4.78 is 18.7. The molecule has 122 valence electrons. The molecule has 1 saturated heterocycles. The van der Waals surface area contributed by atoms with Gasteiger partial charge >= 0.3 is 0 Å². The highest BCUT2D eigenvalue weighted by Crippen LogP contribution is 2.14. The molecule has 1 amide bonds. The molecule has 1 aromatic carbocycles. The molecule has 2 rings (SSSR count). The van der Waals surface area contributed by atoms with Gasteiger partial charge in [0.15, 0.2) is 0 Å². The largest absolute Gasteiger partial charge is 0.379 e. The van der Waals surface area contributed by atoms with Crippen LogP contribution in [0.25, 0.3) is 0 Å². The second-order valence-electron chi connectivity index (χ2n) is 6.13. The summed E-state index contributed by atoms with van der Waals surface area (Å²) in [4.78, 5) is 14.7. The number of benzene rings is 1. The summed E-state index contributed by atoms with van der Waals surface area (Å²) in [7, 11) is 0. The molecule has 1 heterocycles. The number of halogens is 1. The quantitative estimate of drug-likeness (QED) is 0.907. The topological polar surface area (TPSA) is 41.6 Å². The molecule has 1 fully saturated rings. The van der Waals surface area contributed by atoms with Gasteiger partial charge in [-0.3, -0.25) is 9.69 Å². The number of carbonyl (C=O) groups is 1. The van der Waals surface area contributed by atoms with Gasteiger partial charge in [0.1, 0.15) is 5.82 Å². The zero-order valence-electron chi connectivity index (χ0n) is 13.6. The molecule has 1 aliphatic rings. The summed E-state index contributed by atoms with van der Waals surface area (Å²) in [6.07, 6.45) is 0. The minimum Gasteiger partial charge on any atom is -0.379 e. The number of aryl methyl sites for hydroxylation is 1.